The average Bonchev–Trinajstić information content (AvgIpc) is 2.32. The van der Waals surface area contributed by atoms with Gasteiger partial charge in [-0.3, -0.25) is 4.98 Å². The van der Waals surface area contributed by atoms with Gasteiger partial charge in [-0.25, -0.2) is 4.79 Å². The molecule has 5 nitrogen and oxygen atoms in total. The van der Waals surface area contributed by atoms with Gasteiger partial charge in [-0.2, -0.15) is 0 Å². The van der Waals surface area contributed by atoms with Crippen LogP contribution in [0.4, 0.5) is 0 Å². The summed E-state index contributed by atoms with van der Waals surface area (Å²) in [5.41, 5.74) is 0.905. The van der Waals surface area contributed by atoms with E-state index >= 15 is 0 Å². The van der Waals surface area contributed by atoms with Crippen molar-refractivity contribution in [2.24, 2.45) is 0 Å². The lowest BCUT2D eigenvalue weighted by molar-refractivity contribution is 0.0680. The zero-order valence-electron chi connectivity index (χ0n) is 10.7. The summed E-state index contributed by atoms with van der Waals surface area (Å²) in [5.74, 6) is -0.560. The van der Waals surface area contributed by atoms with Crippen LogP contribution < -0.4 is 4.74 Å². The van der Waals surface area contributed by atoms with Crippen molar-refractivity contribution in [1.29, 1.82) is 0 Å². The fraction of sp³-hybridized carbons (Fsp3) is 0.538. The summed E-state index contributed by atoms with van der Waals surface area (Å²) in [7, 11) is 2.08. The number of hydrogen-bond donors (Lipinski definition) is 1. The van der Waals surface area contributed by atoms with Gasteiger partial charge in [0.1, 0.15) is 17.4 Å². The third kappa shape index (κ3) is 2.98. The Morgan fingerprint density at radius 1 is 1.50 bits per heavy atom. The van der Waals surface area contributed by atoms with Crippen molar-refractivity contribution in [2.75, 3.05) is 20.1 Å². The van der Waals surface area contributed by atoms with E-state index in [9.17, 15) is 4.79 Å². The molecule has 1 aliphatic rings. The maximum absolute atomic E-state index is 11.1. The minimum absolute atomic E-state index is 0.0982. The molecule has 0 atom stereocenters. The third-order valence-corrected chi connectivity index (χ3v) is 3.19. The quantitative estimate of drug-likeness (QED) is 0.882. The smallest absolute Gasteiger partial charge is 0.341 e. The molecule has 0 bridgehead atoms. The summed E-state index contributed by atoms with van der Waals surface area (Å²) in [6.07, 6.45) is 3.32. The van der Waals surface area contributed by atoms with E-state index < -0.39 is 5.97 Å². The van der Waals surface area contributed by atoms with Crippen molar-refractivity contribution in [3.63, 3.8) is 0 Å². The molecule has 0 unspecified atom stereocenters. The Bertz CT molecular complexity index is 440. The Labute approximate surface area is 106 Å². The van der Waals surface area contributed by atoms with Gasteiger partial charge in [0.2, 0.25) is 0 Å². The number of hydrogen-bond acceptors (Lipinski definition) is 4. The summed E-state index contributed by atoms with van der Waals surface area (Å²) in [6, 6.07) is 1.70. The Balaban J connectivity index is 2.12. The Morgan fingerprint density at radius 2 is 2.17 bits per heavy atom. The van der Waals surface area contributed by atoms with Crippen LogP contribution in [-0.4, -0.2) is 47.2 Å². The monoisotopic (exact) mass is 250 g/mol. The first-order valence-electron chi connectivity index (χ1n) is 6.11. The highest BCUT2D eigenvalue weighted by Crippen LogP contribution is 2.23. The lowest BCUT2D eigenvalue weighted by Gasteiger charge is -2.29. The largest absolute Gasteiger partial charge is 0.489 e. The highest BCUT2D eigenvalue weighted by molar-refractivity contribution is 5.90. The van der Waals surface area contributed by atoms with Crippen LogP contribution in [0.2, 0.25) is 0 Å². The number of likely N-dealkylation sites (tertiary alicyclic amines) is 1. The van der Waals surface area contributed by atoms with E-state index in [0.717, 1.165) is 31.6 Å². The van der Waals surface area contributed by atoms with Crippen LogP contribution in [-0.2, 0) is 0 Å². The zero-order valence-corrected chi connectivity index (χ0v) is 10.7. The number of pyridine rings is 1. The molecule has 0 radical (unpaired) electrons. The first kappa shape index (κ1) is 12.8. The van der Waals surface area contributed by atoms with Crippen molar-refractivity contribution in [2.45, 2.75) is 25.9 Å². The summed E-state index contributed by atoms with van der Waals surface area (Å²) in [5, 5.41) is 9.10. The molecule has 1 saturated heterocycles. The van der Waals surface area contributed by atoms with Crippen LogP contribution in [0.25, 0.3) is 0 Å². The maximum Gasteiger partial charge on any atom is 0.341 e. The fourth-order valence-corrected chi connectivity index (χ4v) is 2.08. The summed E-state index contributed by atoms with van der Waals surface area (Å²) < 4.78 is 5.83. The predicted molar refractivity (Wildman–Crippen MR) is 67.1 cm³/mol. The number of carboxylic acid groups (broad SMARTS) is 1. The first-order valence-corrected chi connectivity index (χ1v) is 6.11. The normalized spacial score (nSPS) is 17.7. The second-order valence-electron chi connectivity index (χ2n) is 4.75. The molecule has 0 amide bonds. The molecule has 1 aliphatic heterocycles. The highest BCUT2D eigenvalue weighted by atomic mass is 16.5. The summed E-state index contributed by atoms with van der Waals surface area (Å²) in [6.45, 7) is 3.79. The summed E-state index contributed by atoms with van der Waals surface area (Å²) in [4.78, 5) is 17.3. The molecular weight excluding hydrogens is 232 g/mol. The first-order chi connectivity index (χ1) is 8.56. The summed E-state index contributed by atoms with van der Waals surface area (Å²) >= 11 is 0. The van der Waals surface area contributed by atoms with Crippen LogP contribution in [0.1, 0.15) is 28.9 Å². The molecule has 5 heteroatoms. The van der Waals surface area contributed by atoms with Gasteiger partial charge < -0.3 is 14.7 Å². The van der Waals surface area contributed by atoms with Gasteiger partial charge >= 0.3 is 5.97 Å². The van der Waals surface area contributed by atoms with Crippen molar-refractivity contribution >= 4 is 5.97 Å². The molecule has 1 aromatic rings. The van der Waals surface area contributed by atoms with Crippen LogP contribution in [0.3, 0.4) is 0 Å². The fourth-order valence-electron chi connectivity index (χ4n) is 2.08. The highest BCUT2D eigenvalue weighted by Gasteiger charge is 2.21. The van der Waals surface area contributed by atoms with Crippen molar-refractivity contribution in [1.82, 2.24) is 9.88 Å². The van der Waals surface area contributed by atoms with Gasteiger partial charge in [0, 0.05) is 31.0 Å². The number of carboxylic acids is 1. The molecule has 1 fully saturated rings. The van der Waals surface area contributed by atoms with Crippen molar-refractivity contribution < 1.29 is 14.6 Å². The molecule has 0 spiro atoms. The average molecular weight is 250 g/mol. The molecule has 98 valence electrons. The molecule has 1 N–H and O–H groups in total. The van der Waals surface area contributed by atoms with Gasteiger partial charge in [0.15, 0.2) is 0 Å². The minimum atomic E-state index is -0.995. The Hall–Kier alpha value is -1.62. The molecule has 0 aliphatic carbocycles. The van der Waals surface area contributed by atoms with Crippen LogP contribution >= 0.6 is 0 Å². The van der Waals surface area contributed by atoms with Gasteiger partial charge in [-0.05, 0) is 26.8 Å². The maximum atomic E-state index is 11.1. The lowest BCUT2D eigenvalue weighted by Crippen LogP contribution is -2.35. The van der Waals surface area contributed by atoms with Crippen LogP contribution in [0, 0.1) is 6.92 Å². The molecule has 1 aromatic heterocycles. The van der Waals surface area contributed by atoms with E-state index in [0.29, 0.717) is 5.75 Å². The zero-order chi connectivity index (χ0) is 13.1. The van der Waals surface area contributed by atoms with E-state index in [2.05, 4.69) is 16.9 Å². The van der Waals surface area contributed by atoms with Gasteiger partial charge in [-0.15, -0.1) is 0 Å². The molecule has 2 heterocycles. The second-order valence-corrected chi connectivity index (χ2v) is 4.75. The molecule has 18 heavy (non-hydrogen) atoms. The van der Waals surface area contributed by atoms with Gasteiger partial charge in [0.05, 0.1) is 0 Å². The standard InChI is InChI=1S/C13H18N2O3/c1-9-7-12(11(8-14-9)13(16)17)18-10-3-5-15(2)6-4-10/h7-8,10H,3-6H2,1-2H3,(H,16,17). The lowest BCUT2D eigenvalue weighted by atomic mass is 10.1. The Morgan fingerprint density at radius 3 is 2.78 bits per heavy atom. The van der Waals surface area contributed by atoms with E-state index in [-0.39, 0.29) is 11.7 Å². The van der Waals surface area contributed by atoms with Crippen molar-refractivity contribution in [3.8, 4) is 5.75 Å². The predicted octanol–water partition coefficient (Wildman–Crippen LogP) is 1.56. The third-order valence-electron chi connectivity index (χ3n) is 3.19. The number of ether oxygens (including phenoxy) is 1. The molecular formula is C13H18N2O3. The van der Waals surface area contributed by atoms with E-state index in [4.69, 9.17) is 9.84 Å². The number of carbonyl (C=O) groups is 1. The van der Waals surface area contributed by atoms with E-state index in [1.165, 1.54) is 6.20 Å². The number of aromatic nitrogens is 1. The second kappa shape index (κ2) is 5.35. The number of aromatic carboxylic acids is 1. The topological polar surface area (TPSA) is 62.7 Å². The number of aryl methyl sites for hydroxylation is 1. The molecule has 0 saturated carbocycles. The van der Waals surface area contributed by atoms with Gasteiger partial charge in [-0.1, -0.05) is 0 Å². The van der Waals surface area contributed by atoms with Gasteiger partial charge in [0.25, 0.3) is 0 Å². The molecule has 2 rings (SSSR count). The number of piperidine rings is 1. The molecule has 0 aromatic carbocycles. The van der Waals surface area contributed by atoms with Crippen LogP contribution in [0.5, 0.6) is 5.75 Å². The number of rotatable bonds is 3. The van der Waals surface area contributed by atoms with E-state index in [1.807, 2.05) is 6.92 Å². The van der Waals surface area contributed by atoms with Crippen molar-refractivity contribution in [3.05, 3.63) is 23.5 Å². The van der Waals surface area contributed by atoms with E-state index in [1.54, 1.807) is 6.07 Å². The SMILES string of the molecule is Cc1cc(OC2CCN(C)CC2)c(C(=O)O)cn1. The van der Waals surface area contributed by atoms with Crippen LogP contribution in [0.15, 0.2) is 12.3 Å². The minimum Gasteiger partial charge on any atom is -0.489 e. The Kier molecular flexibility index (Phi) is 3.81. The number of nitrogens with zero attached hydrogens (tertiary/aromatic N) is 2.